The summed E-state index contributed by atoms with van der Waals surface area (Å²) in [4.78, 5) is 4.39. The maximum atomic E-state index is 4.39. The van der Waals surface area contributed by atoms with Gasteiger partial charge >= 0.3 is 0 Å². The Hall–Kier alpha value is -2.16. The third-order valence-electron chi connectivity index (χ3n) is 2.60. The van der Waals surface area contributed by atoms with Crippen LogP contribution >= 0.6 is 0 Å². The molecule has 0 radical (unpaired) electrons. The van der Waals surface area contributed by atoms with Crippen molar-refractivity contribution < 1.29 is 4.57 Å². The van der Waals surface area contributed by atoms with E-state index in [9.17, 15) is 0 Å². The van der Waals surface area contributed by atoms with Crippen molar-refractivity contribution in [2.45, 2.75) is 0 Å². The maximum absolute atomic E-state index is 4.39. The van der Waals surface area contributed by atoms with Crippen LogP contribution in [0.2, 0.25) is 0 Å². The van der Waals surface area contributed by atoms with E-state index in [0.29, 0.717) is 0 Å². The molecule has 0 saturated heterocycles. The lowest BCUT2D eigenvalue weighted by Crippen LogP contribution is -2.26. The van der Waals surface area contributed by atoms with Gasteiger partial charge in [0.25, 0.3) is 0 Å². The van der Waals surface area contributed by atoms with Crippen LogP contribution in [0, 0.1) is 6.33 Å². The van der Waals surface area contributed by atoms with Crippen molar-refractivity contribution in [3.05, 3.63) is 55.0 Å². The van der Waals surface area contributed by atoms with Crippen molar-refractivity contribution in [3.63, 3.8) is 0 Å². The smallest absolute Gasteiger partial charge is 0.245 e. The van der Waals surface area contributed by atoms with E-state index in [0.717, 1.165) is 16.9 Å². The van der Waals surface area contributed by atoms with Gasteiger partial charge in [-0.05, 0) is 0 Å². The standard InChI is InChI=1S/C13H11N3/c1-15-10-16(11-6-3-2-4-7-11)13-12(15)8-5-9-14-13/h2-9H,1H3. The molecule has 0 fully saturated rings. The van der Waals surface area contributed by atoms with Crippen LogP contribution in [0.1, 0.15) is 0 Å². The van der Waals surface area contributed by atoms with Crippen LogP contribution in [-0.2, 0) is 7.05 Å². The summed E-state index contributed by atoms with van der Waals surface area (Å²) in [5, 5.41) is 0. The monoisotopic (exact) mass is 209 g/mol. The number of aryl methyl sites for hydroxylation is 1. The molecule has 2 heterocycles. The van der Waals surface area contributed by atoms with E-state index in [4.69, 9.17) is 0 Å². The molecule has 0 atom stereocenters. The summed E-state index contributed by atoms with van der Waals surface area (Å²) in [6.45, 7) is 0. The summed E-state index contributed by atoms with van der Waals surface area (Å²) >= 11 is 0. The van der Waals surface area contributed by atoms with Crippen molar-refractivity contribution in [3.8, 4) is 5.69 Å². The lowest BCUT2D eigenvalue weighted by molar-refractivity contribution is -0.649. The zero-order valence-corrected chi connectivity index (χ0v) is 8.96. The normalized spacial score (nSPS) is 10.8. The van der Waals surface area contributed by atoms with E-state index in [2.05, 4.69) is 11.3 Å². The van der Waals surface area contributed by atoms with Crippen molar-refractivity contribution >= 4 is 11.2 Å². The highest BCUT2D eigenvalue weighted by molar-refractivity contribution is 5.68. The molecule has 0 amide bonds. The first-order chi connectivity index (χ1) is 7.86. The fourth-order valence-corrected chi connectivity index (χ4v) is 1.83. The fourth-order valence-electron chi connectivity index (χ4n) is 1.83. The van der Waals surface area contributed by atoms with Crippen molar-refractivity contribution in [2.75, 3.05) is 0 Å². The Morgan fingerprint density at radius 3 is 2.75 bits per heavy atom. The molecule has 3 heteroatoms. The number of imidazole rings is 1. The first-order valence-electron chi connectivity index (χ1n) is 5.16. The quantitative estimate of drug-likeness (QED) is 0.441. The van der Waals surface area contributed by atoms with Gasteiger partial charge in [-0.3, -0.25) is 4.98 Å². The summed E-state index contributed by atoms with van der Waals surface area (Å²) in [5.41, 5.74) is 3.08. The number of hydrogen-bond acceptors (Lipinski definition) is 1. The van der Waals surface area contributed by atoms with Gasteiger partial charge in [-0.1, -0.05) is 42.5 Å². The SMILES string of the molecule is C[n+]1[c-]n(-c2ccccc2)c2ncccc21. The van der Waals surface area contributed by atoms with E-state index in [1.165, 1.54) is 0 Å². The number of rotatable bonds is 1. The molecular weight excluding hydrogens is 198 g/mol. The molecule has 16 heavy (non-hydrogen) atoms. The predicted octanol–water partition coefficient (Wildman–Crippen LogP) is 1.65. The summed E-state index contributed by atoms with van der Waals surface area (Å²) in [7, 11) is 1.98. The van der Waals surface area contributed by atoms with Crippen LogP contribution in [0.3, 0.4) is 0 Å². The number of aromatic nitrogens is 3. The van der Waals surface area contributed by atoms with Gasteiger partial charge in [-0.15, -0.1) is 0 Å². The molecule has 1 aromatic carbocycles. The summed E-state index contributed by atoms with van der Waals surface area (Å²) < 4.78 is 3.92. The second-order valence-corrected chi connectivity index (χ2v) is 3.68. The predicted molar refractivity (Wildman–Crippen MR) is 61.1 cm³/mol. The summed E-state index contributed by atoms with van der Waals surface area (Å²) in [5.74, 6) is 0. The Balaban J connectivity index is 2.33. The molecule has 3 aromatic rings. The van der Waals surface area contributed by atoms with Crippen molar-refractivity contribution in [1.29, 1.82) is 0 Å². The topological polar surface area (TPSA) is 21.7 Å². The molecule has 0 bridgehead atoms. The highest BCUT2D eigenvalue weighted by Gasteiger charge is 2.06. The number of fused-ring (bicyclic) bond motifs is 1. The highest BCUT2D eigenvalue weighted by atomic mass is 15.2. The minimum Gasteiger partial charge on any atom is -0.314 e. The molecule has 0 saturated carbocycles. The molecule has 0 aliphatic heterocycles. The number of para-hydroxylation sites is 1. The molecule has 0 aliphatic carbocycles. The molecule has 0 N–H and O–H groups in total. The van der Waals surface area contributed by atoms with Crippen LogP contribution < -0.4 is 4.57 Å². The third-order valence-corrected chi connectivity index (χ3v) is 2.60. The van der Waals surface area contributed by atoms with Crippen LogP contribution in [0.5, 0.6) is 0 Å². The minimum atomic E-state index is 0.927. The Morgan fingerprint density at radius 1 is 1.12 bits per heavy atom. The second kappa shape index (κ2) is 3.45. The molecule has 0 unspecified atom stereocenters. The Labute approximate surface area is 93.6 Å². The fraction of sp³-hybridized carbons (Fsp3) is 0.0769. The lowest BCUT2D eigenvalue weighted by Gasteiger charge is -2.02. The first-order valence-corrected chi connectivity index (χ1v) is 5.16. The second-order valence-electron chi connectivity index (χ2n) is 3.68. The van der Waals surface area contributed by atoms with Crippen LogP contribution in [-0.4, -0.2) is 9.55 Å². The zero-order valence-electron chi connectivity index (χ0n) is 8.96. The first kappa shape index (κ1) is 9.09. The number of nitrogens with zero attached hydrogens (tertiary/aromatic N) is 3. The molecule has 2 aromatic heterocycles. The molecule has 0 aliphatic rings. The highest BCUT2D eigenvalue weighted by Crippen LogP contribution is 2.13. The Kier molecular flexibility index (Phi) is 1.96. The van der Waals surface area contributed by atoms with Gasteiger partial charge in [0.05, 0.1) is 18.3 Å². The van der Waals surface area contributed by atoms with Gasteiger partial charge in [0.15, 0.2) is 0 Å². The molecule has 0 spiro atoms. The van der Waals surface area contributed by atoms with E-state index in [1.54, 1.807) is 6.20 Å². The number of pyridine rings is 1. The largest absolute Gasteiger partial charge is 0.314 e. The van der Waals surface area contributed by atoms with Crippen molar-refractivity contribution in [2.24, 2.45) is 7.05 Å². The van der Waals surface area contributed by atoms with Gasteiger partial charge in [0.1, 0.15) is 5.65 Å². The number of benzene rings is 1. The van der Waals surface area contributed by atoms with Gasteiger partial charge in [-0.25, -0.2) is 0 Å². The minimum absolute atomic E-state index is 0.927. The van der Waals surface area contributed by atoms with Gasteiger partial charge < -0.3 is 9.13 Å². The third kappa shape index (κ3) is 1.29. The Bertz CT molecular complexity index is 626. The van der Waals surface area contributed by atoms with Gasteiger partial charge in [0, 0.05) is 6.20 Å². The zero-order chi connectivity index (χ0) is 11.0. The van der Waals surface area contributed by atoms with Crippen LogP contribution in [0.25, 0.3) is 16.9 Å². The molecule has 3 nitrogen and oxygen atoms in total. The average Bonchev–Trinajstić information content (AvgIpc) is 2.69. The van der Waals surface area contributed by atoms with E-state index >= 15 is 0 Å². The van der Waals surface area contributed by atoms with Crippen LogP contribution in [0.4, 0.5) is 0 Å². The molecule has 3 rings (SSSR count). The maximum Gasteiger partial charge on any atom is 0.245 e. The van der Waals surface area contributed by atoms with Gasteiger partial charge in [0.2, 0.25) is 6.33 Å². The summed E-state index contributed by atoms with van der Waals surface area (Å²) in [6.07, 6.45) is 5.04. The van der Waals surface area contributed by atoms with E-state index in [-0.39, 0.29) is 0 Å². The lowest BCUT2D eigenvalue weighted by atomic mass is 10.3. The van der Waals surface area contributed by atoms with Gasteiger partial charge in [-0.2, -0.15) is 0 Å². The summed E-state index contributed by atoms with van der Waals surface area (Å²) in [6, 6.07) is 14.1. The van der Waals surface area contributed by atoms with E-state index < -0.39 is 0 Å². The average molecular weight is 209 g/mol. The van der Waals surface area contributed by atoms with Crippen molar-refractivity contribution in [1.82, 2.24) is 9.55 Å². The van der Waals surface area contributed by atoms with Crippen LogP contribution in [0.15, 0.2) is 48.7 Å². The van der Waals surface area contributed by atoms with E-state index in [1.807, 2.05) is 58.6 Å². The Morgan fingerprint density at radius 2 is 1.94 bits per heavy atom. The molecule has 78 valence electrons. The molecular formula is C13H11N3. The number of hydrogen-bond donors (Lipinski definition) is 0.